The molecule has 16 heavy (non-hydrogen) atoms. The minimum atomic E-state index is 0.204. The minimum absolute atomic E-state index is 0.204. The Labute approximate surface area is 99.6 Å². The smallest absolute Gasteiger partial charge is 0.00431 e. The maximum Gasteiger partial charge on any atom is 0.00431 e. The van der Waals surface area contributed by atoms with Crippen LogP contribution < -0.4 is 5.32 Å². The second-order valence-corrected chi connectivity index (χ2v) is 4.86. The van der Waals surface area contributed by atoms with Crippen LogP contribution in [0.25, 0.3) is 0 Å². The molecule has 0 aromatic heterocycles. The van der Waals surface area contributed by atoms with Crippen molar-refractivity contribution in [3.63, 3.8) is 0 Å². The molecule has 0 aliphatic heterocycles. The van der Waals surface area contributed by atoms with Crippen molar-refractivity contribution in [2.45, 2.75) is 32.1 Å². The SMILES string of the molecule is C=CCCCNCC(C)(C)c1ccccc1. The molecule has 1 rings (SSSR count). The molecule has 1 aromatic rings. The van der Waals surface area contributed by atoms with Crippen molar-refractivity contribution in [3.8, 4) is 0 Å². The first-order valence-electron chi connectivity index (χ1n) is 6.04. The standard InChI is InChI=1S/C15H23N/c1-4-5-9-12-16-13-15(2,3)14-10-7-6-8-11-14/h4,6-8,10-11,16H,1,5,9,12-13H2,2-3H3. The Bertz CT molecular complexity index is 300. The van der Waals surface area contributed by atoms with Gasteiger partial charge in [-0.3, -0.25) is 0 Å². The average Bonchev–Trinajstić information content (AvgIpc) is 2.30. The molecule has 0 saturated carbocycles. The van der Waals surface area contributed by atoms with Gasteiger partial charge in [0.05, 0.1) is 0 Å². The summed E-state index contributed by atoms with van der Waals surface area (Å²) in [6, 6.07) is 10.7. The number of hydrogen-bond donors (Lipinski definition) is 1. The molecule has 88 valence electrons. The van der Waals surface area contributed by atoms with Gasteiger partial charge in [-0.2, -0.15) is 0 Å². The summed E-state index contributed by atoms with van der Waals surface area (Å²) < 4.78 is 0. The number of hydrogen-bond acceptors (Lipinski definition) is 1. The van der Waals surface area contributed by atoms with Gasteiger partial charge in [-0.05, 0) is 24.9 Å². The summed E-state index contributed by atoms with van der Waals surface area (Å²) >= 11 is 0. The molecule has 0 aliphatic carbocycles. The Morgan fingerprint density at radius 2 is 1.94 bits per heavy atom. The summed E-state index contributed by atoms with van der Waals surface area (Å²) in [5, 5.41) is 3.51. The first-order chi connectivity index (χ1) is 7.67. The molecule has 0 heterocycles. The number of rotatable bonds is 7. The maximum absolute atomic E-state index is 3.73. The fourth-order valence-electron chi connectivity index (χ4n) is 1.76. The van der Waals surface area contributed by atoms with Gasteiger partial charge in [0.2, 0.25) is 0 Å². The third kappa shape index (κ3) is 4.19. The van der Waals surface area contributed by atoms with Gasteiger partial charge in [-0.25, -0.2) is 0 Å². The van der Waals surface area contributed by atoms with E-state index in [2.05, 4.69) is 56.1 Å². The van der Waals surface area contributed by atoms with Crippen LogP contribution in [0.15, 0.2) is 43.0 Å². The van der Waals surface area contributed by atoms with Crippen molar-refractivity contribution in [2.75, 3.05) is 13.1 Å². The number of benzene rings is 1. The van der Waals surface area contributed by atoms with E-state index in [9.17, 15) is 0 Å². The number of allylic oxidation sites excluding steroid dienone is 1. The van der Waals surface area contributed by atoms with Crippen LogP contribution >= 0.6 is 0 Å². The van der Waals surface area contributed by atoms with E-state index in [0.717, 1.165) is 19.5 Å². The third-order valence-corrected chi connectivity index (χ3v) is 2.88. The normalized spacial score (nSPS) is 11.4. The molecule has 1 nitrogen and oxygen atoms in total. The molecule has 0 radical (unpaired) electrons. The second kappa shape index (κ2) is 6.49. The zero-order chi connectivity index (χ0) is 11.9. The Balaban J connectivity index is 2.37. The van der Waals surface area contributed by atoms with Crippen molar-refractivity contribution < 1.29 is 0 Å². The molecule has 1 heteroatoms. The van der Waals surface area contributed by atoms with E-state index in [4.69, 9.17) is 0 Å². The van der Waals surface area contributed by atoms with Crippen molar-refractivity contribution in [3.05, 3.63) is 48.6 Å². The van der Waals surface area contributed by atoms with Gasteiger partial charge in [0.25, 0.3) is 0 Å². The molecule has 1 aromatic carbocycles. The van der Waals surface area contributed by atoms with E-state index in [0.29, 0.717) is 0 Å². The molecule has 1 N–H and O–H groups in total. The lowest BCUT2D eigenvalue weighted by molar-refractivity contribution is 0.467. The summed E-state index contributed by atoms with van der Waals surface area (Å²) in [6.45, 7) is 10.4. The van der Waals surface area contributed by atoms with Gasteiger partial charge < -0.3 is 5.32 Å². The van der Waals surface area contributed by atoms with Gasteiger partial charge in [0.15, 0.2) is 0 Å². The zero-order valence-corrected chi connectivity index (χ0v) is 10.5. The molecule has 0 bridgehead atoms. The van der Waals surface area contributed by atoms with Crippen LogP contribution in [0.4, 0.5) is 0 Å². The molecular formula is C15H23N. The van der Waals surface area contributed by atoms with Crippen LogP contribution in [0, 0.1) is 0 Å². The van der Waals surface area contributed by atoms with E-state index in [1.807, 2.05) is 6.08 Å². The first-order valence-corrected chi connectivity index (χ1v) is 6.04. The lowest BCUT2D eigenvalue weighted by atomic mass is 9.84. The van der Waals surface area contributed by atoms with Crippen LogP contribution in [0.1, 0.15) is 32.3 Å². The van der Waals surface area contributed by atoms with Gasteiger partial charge >= 0.3 is 0 Å². The summed E-state index contributed by atoms with van der Waals surface area (Å²) in [5.74, 6) is 0. The summed E-state index contributed by atoms with van der Waals surface area (Å²) in [7, 11) is 0. The summed E-state index contributed by atoms with van der Waals surface area (Å²) in [6.07, 6.45) is 4.25. The predicted octanol–water partition coefficient (Wildman–Crippen LogP) is 3.52. The average molecular weight is 217 g/mol. The Morgan fingerprint density at radius 1 is 1.25 bits per heavy atom. The van der Waals surface area contributed by atoms with Crippen LogP contribution in [-0.4, -0.2) is 13.1 Å². The Morgan fingerprint density at radius 3 is 2.56 bits per heavy atom. The highest BCUT2D eigenvalue weighted by molar-refractivity contribution is 5.23. The van der Waals surface area contributed by atoms with E-state index >= 15 is 0 Å². The van der Waals surface area contributed by atoms with E-state index in [1.165, 1.54) is 12.0 Å². The summed E-state index contributed by atoms with van der Waals surface area (Å²) in [4.78, 5) is 0. The highest BCUT2D eigenvalue weighted by Crippen LogP contribution is 2.21. The first kappa shape index (κ1) is 13.0. The topological polar surface area (TPSA) is 12.0 Å². The molecule has 0 unspecified atom stereocenters. The van der Waals surface area contributed by atoms with Crippen LogP contribution in [0.5, 0.6) is 0 Å². The van der Waals surface area contributed by atoms with E-state index < -0.39 is 0 Å². The lowest BCUT2D eigenvalue weighted by Crippen LogP contribution is -2.33. The van der Waals surface area contributed by atoms with Gasteiger partial charge in [0.1, 0.15) is 0 Å². The molecule has 0 aliphatic rings. The number of unbranched alkanes of at least 4 members (excludes halogenated alkanes) is 1. The third-order valence-electron chi connectivity index (χ3n) is 2.88. The van der Waals surface area contributed by atoms with Crippen LogP contribution in [0.2, 0.25) is 0 Å². The van der Waals surface area contributed by atoms with E-state index in [-0.39, 0.29) is 5.41 Å². The number of nitrogens with one attached hydrogen (secondary N) is 1. The van der Waals surface area contributed by atoms with Crippen molar-refractivity contribution >= 4 is 0 Å². The van der Waals surface area contributed by atoms with Gasteiger partial charge in [-0.15, -0.1) is 6.58 Å². The predicted molar refractivity (Wildman–Crippen MR) is 71.8 cm³/mol. The fourth-order valence-corrected chi connectivity index (χ4v) is 1.76. The molecule has 0 saturated heterocycles. The zero-order valence-electron chi connectivity index (χ0n) is 10.5. The van der Waals surface area contributed by atoms with Crippen LogP contribution in [-0.2, 0) is 5.41 Å². The lowest BCUT2D eigenvalue weighted by Gasteiger charge is -2.25. The van der Waals surface area contributed by atoms with Crippen LogP contribution in [0.3, 0.4) is 0 Å². The second-order valence-electron chi connectivity index (χ2n) is 4.86. The molecular weight excluding hydrogens is 194 g/mol. The van der Waals surface area contributed by atoms with Gasteiger partial charge in [0, 0.05) is 12.0 Å². The highest BCUT2D eigenvalue weighted by atomic mass is 14.9. The fraction of sp³-hybridized carbons (Fsp3) is 0.467. The monoisotopic (exact) mass is 217 g/mol. The minimum Gasteiger partial charge on any atom is -0.316 e. The Hall–Kier alpha value is -1.08. The Kier molecular flexibility index (Phi) is 5.27. The molecule has 0 fully saturated rings. The molecule has 0 atom stereocenters. The molecule has 0 spiro atoms. The summed E-state index contributed by atoms with van der Waals surface area (Å²) in [5.41, 5.74) is 1.60. The van der Waals surface area contributed by atoms with Crippen molar-refractivity contribution in [2.24, 2.45) is 0 Å². The molecule has 0 amide bonds. The van der Waals surface area contributed by atoms with Gasteiger partial charge in [-0.1, -0.05) is 50.3 Å². The van der Waals surface area contributed by atoms with E-state index in [1.54, 1.807) is 0 Å². The quantitative estimate of drug-likeness (QED) is 0.544. The highest BCUT2D eigenvalue weighted by Gasteiger charge is 2.18. The van der Waals surface area contributed by atoms with Crippen molar-refractivity contribution in [1.82, 2.24) is 5.32 Å². The van der Waals surface area contributed by atoms with Crippen molar-refractivity contribution in [1.29, 1.82) is 0 Å². The largest absolute Gasteiger partial charge is 0.316 e. The maximum atomic E-state index is 3.73.